The number of hydrogen-bond acceptors (Lipinski definition) is 3. The van der Waals surface area contributed by atoms with Gasteiger partial charge in [0.15, 0.2) is 0 Å². The number of rotatable bonds is 7. The fourth-order valence-electron chi connectivity index (χ4n) is 0.633. The minimum absolute atomic E-state index is 0.271. The van der Waals surface area contributed by atoms with Gasteiger partial charge in [-0.25, -0.2) is 0 Å². The van der Waals surface area contributed by atoms with Crippen LogP contribution in [0.1, 0.15) is 19.3 Å². The first-order valence-corrected chi connectivity index (χ1v) is 4.94. The molecule has 3 nitrogen and oxygen atoms in total. The van der Waals surface area contributed by atoms with Crippen LogP contribution in [0.3, 0.4) is 0 Å². The summed E-state index contributed by atoms with van der Waals surface area (Å²) in [5.41, 5.74) is 5.17. The van der Waals surface area contributed by atoms with Crippen molar-refractivity contribution in [1.29, 1.82) is 5.41 Å². The van der Waals surface area contributed by atoms with Crippen molar-refractivity contribution in [2.75, 3.05) is 18.1 Å². The summed E-state index contributed by atoms with van der Waals surface area (Å²) in [6.45, 7) is 0.277. The molecule has 0 aromatic heterocycles. The van der Waals surface area contributed by atoms with Crippen molar-refractivity contribution in [3.63, 3.8) is 0 Å². The van der Waals surface area contributed by atoms with Crippen molar-refractivity contribution in [1.82, 2.24) is 0 Å². The first-order chi connectivity index (χ1) is 5.27. The molecule has 4 heteroatoms. The number of amidine groups is 1. The predicted molar refractivity (Wildman–Crippen MR) is 50.2 cm³/mol. The Morgan fingerprint density at radius 2 is 2.00 bits per heavy atom. The molecule has 0 saturated carbocycles. The number of hydrogen-bond donors (Lipinski definition) is 3. The number of thioether (sulfide) groups is 1. The number of nitrogens with two attached hydrogens (primary N) is 1. The molecule has 4 N–H and O–H groups in total. The van der Waals surface area contributed by atoms with Crippen molar-refractivity contribution in [2.24, 2.45) is 5.73 Å². The zero-order chi connectivity index (χ0) is 8.53. The summed E-state index contributed by atoms with van der Waals surface area (Å²) in [5.74, 6) is 2.32. The summed E-state index contributed by atoms with van der Waals surface area (Å²) >= 11 is 1.81. The molecule has 0 aromatic carbocycles. The Morgan fingerprint density at radius 1 is 1.36 bits per heavy atom. The van der Waals surface area contributed by atoms with E-state index in [1.165, 1.54) is 0 Å². The van der Waals surface area contributed by atoms with Gasteiger partial charge in [-0.3, -0.25) is 5.41 Å². The molecule has 0 atom stereocenters. The lowest BCUT2D eigenvalue weighted by Crippen LogP contribution is -2.09. The smallest absolute Gasteiger partial charge is 0.0905 e. The van der Waals surface area contributed by atoms with E-state index in [9.17, 15) is 0 Å². The van der Waals surface area contributed by atoms with Gasteiger partial charge < -0.3 is 10.8 Å². The molecule has 0 bridgehead atoms. The average molecular weight is 176 g/mol. The van der Waals surface area contributed by atoms with Gasteiger partial charge >= 0.3 is 0 Å². The maximum absolute atomic E-state index is 8.44. The number of aliphatic hydroxyl groups excluding tert-OH is 1. The summed E-state index contributed by atoms with van der Waals surface area (Å²) in [4.78, 5) is 0. The second-order valence-corrected chi connectivity index (χ2v) is 3.54. The van der Waals surface area contributed by atoms with Crippen LogP contribution in [-0.4, -0.2) is 29.1 Å². The Bertz CT molecular complexity index is 109. The molecular weight excluding hydrogens is 160 g/mol. The standard InChI is InChI=1S/C7H16N2OS/c8-7(9)3-1-5-11-6-2-4-10/h10H,1-6H2,(H3,8,9). The van der Waals surface area contributed by atoms with Crippen LogP contribution in [0.2, 0.25) is 0 Å². The second kappa shape index (κ2) is 7.88. The van der Waals surface area contributed by atoms with Crippen molar-refractivity contribution in [3.8, 4) is 0 Å². The van der Waals surface area contributed by atoms with Gasteiger partial charge in [-0.15, -0.1) is 0 Å². The molecule has 11 heavy (non-hydrogen) atoms. The summed E-state index contributed by atoms with van der Waals surface area (Å²) in [5, 5.41) is 15.4. The monoisotopic (exact) mass is 176 g/mol. The zero-order valence-corrected chi connectivity index (χ0v) is 7.49. The molecule has 0 heterocycles. The van der Waals surface area contributed by atoms with Crippen molar-refractivity contribution >= 4 is 17.6 Å². The Hall–Kier alpha value is -0.220. The third kappa shape index (κ3) is 9.78. The Balaban J connectivity index is 2.85. The fraction of sp³-hybridized carbons (Fsp3) is 0.857. The van der Waals surface area contributed by atoms with Crippen LogP contribution >= 0.6 is 11.8 Å². The van der Waals surface area contributed by atoms with Gasteiger partial charge in [0.25, 0.3) is 0 Å². The van der Waals surface area contributed by atoms with Crippen LogP contribution in [-0.2, 0) is 0 Å². The highest BCUT2D eigenvalue weighted by Gasteiger charge is 1.91. The average Bonchev–Trinajstić information content (AvgIpc) is 1.96. The van der Waals surface area contributed by atoms with Crippen molar-refractivity contribution < 1.29 is 5.11 Å². The molecule has 0 amide bonds. The quantitative estimate of drug-likeness (QED) is 0.305. The highest BCUT2D eigenvalue weighted by Crippen LogP contribution is 2.05. The topological polar surface area (TPSA) is 70.1 Å². The summed E-state index contributed by atoms with van der Waals surface area (Å²) in [6.07, 6.45) is 2.54. The molecule has 0 aromatic rings. The van der Waals surface area contributed by atoms with Crippen LogP contribution in [0.4, 0.5) is 0 Å². The van der Waals surface area contributed by atoms with Crippen LogP contribution in [0.25, 0.3) is 0 Å². The highest BCUT2D eigenvalue weighted by atomic mass is 32.2. The molecule has 0 radical (unpaired) electrons. The molecule has 0 fully saturated rings. The van der Waals surface area contributed by atoms with Gasteiger partial charge in [-0.2, -0.15) is 11.8 Å². The first-order valence-electron chi connectivity index (χ1n) is 3.79. The van der Waals surface area contributed by atoms with E-state index in [1.54, 1.807) is 0 Å². The maximum Gasteiger partial charge on any atom is 0.0905 e. The fourth-order valence-corrected chi connectivity index (χ4v) is 1.52. The molecule has 0 aliphatic heterocycles. The zero-order valence-electron chi connectivity index (χ0n) is 6.68. The lowest BCUT2D eigenvalue weighted by Gasteiger charge is -1.98. The molecule has 0 rings (SSSR count). The molecular formula is C7H16N2OS. The van der Waals surface area contributed by atoms with Crippen molar-refractivity contribution in [2.45, 2.75) is 19.3 Å². The lowest BCUT2D eigenvalue weighted by atomic mass is 10.3. The molecule has 0 aliphatic rings. The van der Waals surface area contributed by atoms with Crippen LogP contribution < -0.4 is 5.73 Å². The van der Waals surface area contributed by atoms with E-state index in [0.717, 1.165) is 24.3 Å². The third-order valence-corrected chi connectivity index (χ3v) is 2.34. The number of nitrogens with one attached hydrogen (secondary N) is 1. The lowest BCUT2D eigenvalue weighted by molar-refractivity contribution is 0.296. The minimum Gasteiger partial charge on any atom is -0.396 e. The summed E-state index contributed by atoms with van der Waals surface area (Å²) < 4.78 is 0. The van der Waals surface area contributed by atoms with E-state index in [4.69, 9.17) is 16.2 Å². The highest BCUT2D eigenvalue weighted by molar-refractivity contribution is 7.99. The van der Waals surface area contributed by atoms with Crippen molar-refractivity contribution in [3.05, 3.63) is 0 Å². The van der Waals surface area contributed by atoms with E-state index in [0.29, 0.717) is 6.42 Å². The van der Waals surface area contributed by atoms with Crippen LogP contribution in [0.15, 0.2) is 0 Å². The summed E-state index contributed by atoms with van der Waals surface area (Å²) in [7, 11) is 0. The number of aliphatic hydroxyl groups is 1. The Morgan fingerprint density at radius 3 is 2.55 bits per heavy atom. The van der Waals surface area contributed by atoms with Crippen LogP contribution in [0, 0.1) is 5.41 Å². The van der Waals surface area contributed by atoms with E-state index >= 15 is 0 Å². The second-order valence-electron chi connectivity index (χ2n) is 2.32. The van der Waals surface area contributed by atoms with E-state index in [-0.39, 0.29) is 12.4 Å². The normalized spacial score (nSPS) is 9.91. The van der Waals surface area contributed by atoms with Gasteiger partial charge in [0.1, 0.15) is 0 Å². The first kappa shape index (κ1) is 10.8. The van der Waals surface area contributed by atoms with Gasteiger partial charge in [0.2, 0.25) is 0 Å². The Labute approximate surface area is 71.9 Å². The van der Waals surface area contributed by atoms with E-state index in [2.05, 4.69) is 0 Å². The maximum atomic E-state index is 8.44. The van der Waals surface area contributed by atoms with Crippen LogP contribution in [0.5, 0.6) is 0 Å². The molecule has 0 unspecified atom stereocenters. The third-order valence-electron chi connectivity index (χ3n) is 1.18. The predicted octanol–water partition coefficient (Wildman–Crippen LogP) is 0.818. The van der Waals surface area contributed by atoms with Gasteiger partial charge in [0.05, 0.1) is 5.84 Å². The molecule has 0 spiro atoms. The molecule has 0 saturated heterocycles. The largest absolute Gasteiger partial charge is 0.396 e. The van der Waals surface area contributed by atoms with Gasteiger partial charge in [0, 0.05) is 13.0 Å². The van der Waals surface area contributed by atoms with E-state index < -0.39 is 0 Å². The molecule has 66 valence electrons. The van der Waals surface area contributed by atoms with E-state index in [1.807, 2.05) is 11.8 Å². The molecule has 0 aliphatic carbocycles. The van der Waals surface area contributed by atoms with Gasteiger partial charge in [-0.1, -0.05) is 0 Å². The van der Waals surface area contributed by atoms with Gasteiger partial charge in [-0.05, 0) is 24.3 Å². The SMILES string of the molecule is N=C(N)CCCSCCCO. The minimum atomic E-state index is 0.271. The summed E-state index contributed by atoms with van der Waals surface area (Å²) in [6, 6.07) is 0. The Kier molecular flexibility index (Phi) is 7.72.